The van der Waals surface area contributed by atoms with Crippen molar-refractivity contribution in [2.24, 2.45) is 5.73 Å². The van der Waals surface area contributed by atoms with Gasteiger partial charge >= 0.3 is 6.03 Å². The molecule has 0 radical (unpaired) electrons. The fourth-order valence-electron chi connectivity index (χ4n) is 3.81. The molecule has 2 aromatic heterocycles. The Morgan fingerprint density at radius 2 is 2.15 bits per heavy atom. The van der Waals surface area contributed by atoms with Crippen LogP contribution in [-0.4, -0.2) is 23.0 Å². The number of benzene rings is 1. The van der Waals surface area contributed by atoms with Crippen molar-refractivity contribution in [2.75, 3.05) is 0 Å². The van der Waals surface area contributed by atoms with Crippen molar-refractivity contribution in [3.8, 4) is 0 Å². The molecule has 0 spiro atoms. The van der Waals surface area contributed by atoms with Crippen molar-refractivity contribution in [2.45, 2.75) is 37.8 Å². The third-order valence-electron chi connectivity index (χ3n) is 5.10. The van der Waals surface area contributed by atoms with Gasteiger partial charge in [0.15, 0.2) is 0 Å². The first-order valence-electron chi connectivity index (χ1n) is 9.09. The fourth-order valence-corrected chi connectivity index (χ4v) is 3.81. The summed E-state index contributed by atoms with van der Waals surface area (Å²) < 4.78 is 5.48. The van der Waals surface area contributed by atoms with Gasteiger partial charge in [0.2, 0.25) is 5.91 Å². The smallest absolute Gasteiger partial charge is 0.312 e. The van der Waals surface area contributed by atoms with E-state index in [1.807, 2.05) is 36.5 Å². The standard InChI is InChI=1S/C20H22N4O3/c21-20(26)24-17(10-12-11-22-15-5-2-1-4-13(12)15)19(25)23-16-6-3-7-18-14(16)8-9-27-18/h1-2,4-5,8-9,11,16-17,22H,3,6-7,10H2,(H,23,25)(H3,21,24,26). The molecule has 0 bridgehead atoms. The Bertz CT molecular complexity index is 974. The molecule has 0 saturated heterocycles. The number of para-hydroxylation sites is 1. The number of aromatic amines is 1. The molecular formula is C20H22N4O3. The van der Waals surface area contributed by atoms with Gasteiger partial charge in [-0.1, -0.05) is 18.2 Å². The lowest BCUT2D eigenvalue weighted by Gasteiger charge is -2.25. The van der Waals surface area contributed by atoms with Crippen LogP contribution in [0.1, 0.15) is 35.8 Å². The second-order valence-electron chi connectivity index (χ2n) is 6.88. The lowest BCUT2D eigenvalue weighted by atomic mass is 9.93. The highest BCUT2D eigenvalue weighted by molar-refractivity contribution is 5.89. The highest BCUT2D eigenvalue weighted by Gasteiger charge is 2.28. The van der Waals surface area contributed by atoms with Gasteiger partial charge in [-0.3, -0.25) is 4.79 Å². The highest BCUT2D eigenvalue weighted by atomic mass is 16.3. The number of nitrogens with one attached hydrogen (secondary N) is 3. The van der Waals surface area contributed by atoms with E-state index in [4.69, 9.17) is 10.2 Å². The van der Waals surface area contributed by atoms with Crippen LogP contribution in [0, 0.1) is 0 Å². The molecule has 0 aliphatic heterocycles. The quantitative estimate of drug-likeness (QED) is 0.556. The summed E-state index contributed by atoms with van der Waals surface area (Å²) in [4.78, 5) is 27.6. The number of hydrogen-bond acceptors (Lipinski definition) is 3. The van der Waals surface area contributed by atoms with Crippen LogP contribution in [0.2, 0.25) is 0 Å². The molecule has 1 aromatic carbocycles. The zero-order valence-corrected chi connectivity index (χ0v) is 14.8. The summed E-state index contributed by atoms with van der Waals surface area (Å²) in [6, 6.07) is 8.16. The van der Waals surface area contributed by atoms with Crippen LogP contribution in [0.4, 0.5) is 4.79 Å². The number of carbonyl (C=O) groups is 2. The summed E-state index contributed by atoms with van der Waals surface area (Å²) in [6.07, 6.45) is 6.54. The van der Waals surface area contributed by atoms with Gasteiger partial charge in [0, 0.05) is 35.5 Å². The molecule has 0 fully saturated rings. The Labute approximate surface area is 156 Å². The Balaban J connectivity index is 1.53. The first-order chi connectivity index (χ1) is 13.1. The van der Waals surface area contributed by atoms with Crippen LogP contribution in [0.25, 0.3) is 10.9 Å². The van der Waals surface area contributed by atoms with E-state index >= 15 is 0 Å². The molecule has 2 unspecified atom stereocenters. The van der Waals surface area contributed by atoms with Gasteiger partial charge in [-0.05, 0) is 30.5 Å². The molecule has 2 heterocycles. The molecule has 1 aliphatic rings. The van der Waals surface area contributed by atoms with Crippen molar-refractivity contribution in [3.05, 3.63) is 59.7 Å². The van der Waals surface area contributed by atoms with Crippen molar-refractivity contribution in [3.63, 3.8) is 0 Å². The van der Waals surface area contributed by atoms with E-state index in [9.17, 15) is 9.59 Å². The average Bonchev–Trinajstić information content (AvgIpc) is 3.28. The van der Waals surface area contributed by atoms with E-state index in [-0.39, 0.29) is 11.9 Å². The number of urea groups is 1. The fraction of sp³-hybridized carbons (Fsp3) is 0.300. The zero-order chi connectivity index (χ0) is 18.8. The van der Waals surface area contributed by atoms with Crippen LogP contribution in [-0.2, 0) is 17.6 Å². The van der Waals surface area contributed by atoms with E-state index in [1.165, 1.54) is 0 Å². The number of hydrogen-bond donors (Lipinski definition) is 4. The van der Waals surface area contributed by atoms with Crippen LogP contribution in [0.15, 0.2) is 47.2 Å². The number of furan rings is 1. The molecule has 5 N–H and O–H groups in total. The summed E-state index contributed by atoms with van der Waals surface area (Å²) in [5.41, 5.74) is 8.26. The minimum Gasteiger partial charge on any atom is -0.469 e. The van der Waals surface area contributed by atoms with E-state index in [0.29, 0.717) is 6.42 Å². The van der Waals surface area contributed by atoms with Gasteiger partial charge in [0.1, 0.15) is 11.8 Å². The molecule has 0 saturated carbocycles. The van der Waals surface area contributed by atoms with Crippen LogP contribution in [0.5, 0.6) is 0 Å². The molecule has 3 aromatic rings. The molecule has 3 amide bonds. The van der Waals surface area contributed by atoms with Gasteiger partial charge in [0.25, 0.3) is 0 Å². The van der Waals surface area contributed by atoms with Gasteiger partial charge in [-0.2, -0.15) is 0 Å². The molecular weight excluding hydrogens is 344 g/mol. The number of nitrogens with two attached hydrogens (primary N) is 1. The van der Waals surface area contributed by atoms with Gasteiger partial charge in [-0.25, -0.2) is 4.79 Å². The zero-order valence-electron chi connectivity index (χ0n) is 14.8. The predicted molar refractivity (Wildman–Crippen MR) is 101 cm³/mol. The van der Waals surface area contributed by atoms with Crippen molar-refractivity contribution in [1.82, 2.24) is 15.6 Å². The second kappa shape index (κ2) is 7.19. The van der Waals surface area contributed by atoms with E-state index < -0.39 is 12.1 Å². The molecule has 7 nitrogen and oxygen atoms in total. The van der Waals surface area contributed by atoms with Crippen molar-refractivity contribution < 1.29 is 14.0 Å². The maximum atomic E-state index is 12.9. The minimum atomic E-state index is -0.751. The number of fused-ring (bicyclic) bond motifs is 2. The summed E-state index contributed by atoms with van der Waals surface area (Å²) in [5.74, 6) is 0.667. The third-order valence-corrected chi connectivity index (χ3v) is 5.10. The largest absolute Gasteiger partial charge is 0.469 e. The minimum absolute atomic E-state index is 0.111. The lowest BCUT2D eigenvalue weighted by molar-refractivity contribution is -0.123. The van der Waals surface area contributed by atoms with E-state index in [0.717, 1.165) is 47.1 Å². The third kappa shape index (κ3) is 3.53. The molecule has 27 heavy (non-hydrogen) atoms. The average molecular weight is 366 g/mol. The molecule has 7 heteroatoms. The molecule has 140 valence electrons. The normalized spacial score (nSPS) is 17.3. The predicted octanol–water partition coefficient (Wildman–Crippen LogP) is 2.53. The van der Waals surface area contributed by atoms with Crippen LogP contribution in [0.3, 0.4) is 0 Å². The van der Waals surface area contributed by atoms with Crippen molar-refractivity contribution >= 4 is 22.8 Å². The Kier molecular flexibility index (Phi) is 4.58. The topological polar surface area (TPSA) is 113 Å². The van der Waals surface area contributed by atoms with Gasteiger partial charge in [0.05, 0.1) is 12.3 Å². The number of aromatic nitrogens is 1. The highest BCUT2D eigenvalue weighted by Crippen LogP contribution is 2.30. The SMILES string of the molecule is NC(=O)NC(Cc1c[nH]c2ccccc12)C(=O)NC1CCCc2occc21. The maximum Gasteiger partial charge on any atom is 0.312 e. The van der Waals surface area contributed by atoms with Gasteiger partial charge in [-0.15, -0.1) is 0 Å². The lowest BCUT2D eigenvalue weighted by Crippen LogP contribution is -2.50. The number of aryl methyl sites for hydroxylation is 1. The summed E-state index contributed by atoms with van der Waals surface area (Å²) in [7, 11) is 0. The Morgan fingerprint density at radius 3 is 3.00 bits per heavy atom. The van der Waals surface area contributed by atoms with Crippen LogP contribution >= 0.6 is 0 Å². The summed E-state index contributed by atoms with van der Waals surface area (Å²) in [5, 5.41) is 6.65. The number of amides is 3. The molecule has 2 atom stereocenters. The number of carbonyl (C=O) groups excluding carboxylic acids is 2. The number of primary amides is 1. The van der Waals surface area contributed by atoms with Crippen molar-refractivity contribution in [1.29, 1.82) is 0 Å². The number of rotatable bonds is 5. The Morgan fingerprint density at radius 1 is 1.30 bits per heavy atom. The first-order valence-corrected chi connectivity index (χ1v) is 9.09. The number of H-pyrrole nitrogens is 1. The first kappa shape index (κ1) is 17.2. The summed E-state index contributed by atoms with van der Waals surface area (Å²) >= 11 is 0. The molecule has 1 aliphatic carbocycles. The van der Waals surface area contributed by atoms with E-state index in [2.05, 4.69) is 15.6 Å². The Hall–Kier alpha value is -3.22. The maximum absolute atomic E-state index is 12.9. The summed E-state index contributed by atoms with van der Waals surface area (Å²) in [6.45, 7) is 0. The molecule has 4 rings (SSSR count). The van der Waals surface area contributed by atoms with E-state index in [1.54, 1.807) is 6.26 Å². The monoisotopic (exact) mass is 366 g/mol. The van der Waals surface area contributed by atoms with Crippen LogP contribution < -0.4 is 16.4 Å². The van der Waals surface area contributed by atoms with Gasteiger partial charge < -0.3 is 25.8 Å². The second-order valence-corrected chi connectivity index (χ2v) is 6.88.